The van der Waals surface area contributed by atoms with Crippen LogP contribution in [0.15, 0.2) is 46.3 Å². The Bertz CT molecular complexity index is 847. The van der Waals surface area contributed by atoms with E-state index in [0.29, 0.717) is 10.0 Å². The Kier molecular flexibility index (Phi) is 4.85. The largest absolute Gasteiger partial charge is 0.274 e. The number of sulfonamides is 1. The molecule has 7 nitrogen and oxygen atoms in total. The van der Waals surface area contributed by atoms with E-state index < -0.39 is 15.9 Å². The Balaban J connectivity index is 2.19. The zero-order chi connectivity index (χ0) is 16.2. The van der Waals surface area contributed by atoms with Crippen molar-refractivity contribution in [2.24, 2.45) is 0 Å². The van der Waals surface area contributed by atoms with Gasteiger partial charge < -0.3 is 0 Å². The van der Waals surface area contributed by atoms with Crippen molar-refractivity contribution in [3.8, 4) is 6.07 Å². The van der Waals surface area contributed by atoms with Crippen molar-refractivity contribution in [3.63, 3.8) is 0 Å². The summed E-state index contributed by atoms with van der Waals surface area (Å²) in [5.41, 5.74) is 0.654. The van der Waals surface area contributed by atoms with E-state index in [2.05, 4.69) is 25.9 Å². The number of carbonyl (C=O) groups excluding carboxylic acids is 1. The van der Waals surface area contributed by atoms with Gasteiger partial charge in [0.25, 0.3) is 10.0 Å². The van der Waals surface area contributed by atoms with Gasteiger partial charge >= 0.3 is 0 Å². The van der Waals surface area contributed by atoms with E-state index in [4.69, 9.17) is 5.26 Å². The van der Waals surface area contributed by atoms with Crippen LogP contribution >= 0.6 is 15.9 Å². The molecule has 112 valence electrons. The van der Waals surface area contributed by atoms with E-state index in [1.165, 1.54) is 36.9 Å². The average molecular weight is 381 g/mol. The third-order valence-corrected chi connectivity index (χ3v) is 4.35. The number of halogens is 1. The maximum Gasteiger partial charge on any atom is 0.264 e. The van der Waals surface area contributed by atoms with Crippen molar-refractivity contribution in [2.45, 2.75) is 11.3 Å². The van der Waals surface area contributed by atoms with Crippen LogP contribution in [0.5, 0.6) is 0 Å². The third kappa shape index (κ3) is 4.09. The fraction of sp³-hybridized carbons (Fsp3) is 0.0769. The Morgan fingerprint density at radius 3 is 2.59 bits per heavy atom. The van der Waals surface area contributed by atoms with Crippen LogP contribution < -0.4 is 4.72 Å². The Morgan fingerprint density at radius 1 is 1.27 bits per heavy atom. The quantitative estimate of drug-likeness (QED) is 0.851. The second-order valence-corrected chi connectivity index (χ2v) is 6.84. The lowest BCUT2D eigenvalue weighted by Gasteiger charge is -2.07. The molecule has 0 bridgehead atoms. The lowest BCUT2D eigenvalue weighted by molar-refractivity contribution is -0.118. The number of hydrogen-bond acceptors (Lipinski definition) is 6. The number of benzene rings is 1. The second-order valence-electron chi connectivity index (χ2n) is 4.24. The van der Waals surface area contributed by atoms with Crippen LogP contribution in [0.4, 0.5) is 0 Å². The minimum absolute atomic E-state index is 0.165. The predicted molar refractivity (Wildman–Crippen MR) is 79.9 cm³/mol. The van der Waals surface area contributed by atoms with Crippen LogP contribution in [-0.2, 0) is 21.2 Å². The number of hydrogen-bond donors (Lipinski definition) is 1. The van der Waals surface area contributed by atoms with Gasteiger partial charge in [-0.3, -0.25) is 4.79 Å². The molecule has 0 spiro atoms. The highest BCUT2D eigenvalue weighted by atomic mass is 79.9. The molecular formula is C13H9BrN4O3S. The Labute approximate surface area is 135 Å². The molecule has 0 atom stereocenters. The van der Waals surface area contributed by atoms with Gasteiger partial charge in [-0.05, 0) is 23.8 Å². The molecule has 0 fully saturated rings. The highest BCUT2D eigenvalue weighted by molar-refractivity contribution is 9.10. The monoisotopic (exact) mass is 380 g/mol. The molecule has 0 aliphatic rings. The fourth-order valence-corrected chi connectivity index (χ4v) is 3.33. The van der Waals surface area contributed by atoms with Gasteiger partial charge in [0.05, 0.1) is 22.9 Å². The van der Waals surface area contributed by atoms with Crippen LogP contribution in [0.25, 0.3) is 0 Å². The highest BCUT2D eigenvalue weighted by Crippen LogP contribution is 2.19. The first kappa shape index (κ1) is 16.1. The van der Waals surface area contributed by atoms with E-state index in [9.17, 15) is 13.2 Å². The summed E-state index contributed by atoms with van der Waals surface area (Å²) in [6, 6.07) is 5.82. The molecule has 1 heterocycles. The van der Waals surface area contributed by atoms with Crippen molar-refractivity contribution in [2.75, 3.05) is 0 Å². The first-order chi connectivity index (χ1) is 10.4. The van der Waals surface area contributed by atoms with Crippen LogP contribution in [0, 0.1) is 11.3 Å². The molecular weight excluding hydrogens is 372 g/mol. The summed E-state index contributed by atoms with van der Waals surface area (Å²) in [6.45, 7) is 0. The topological polar surface area (TPSA) is 113 Å². The van der Waals surface area contributed by atoms with E-state index in [-0.39, 0.29) is 16.9 Å². The third-order valence-electron chi connectivity index (χ3n) is 2.54. The molecule has 0 unspecified atom stereocenters. The first-order valence-electron chi connectivity index (χ1n) is 5.91. The van der Waals surface area contributed by atoms with Crippen molar-refractivity contribution >= 4 is 31.9 Å². The van der Waals surface area contributed by atoms with Crippen LogP contribution in [0.1, 0.15) is 11.1 Å². The lowest BCUT2D eigenvalue weighted by atomic mass is 10.2. The molecule has 1 aromatic carbocycles. The molecule has 0 saturated carbocycles. The summed E-state index contributed by atoms with van der Waals surface area (Å²) in [5, 5.41) is 8.86. The number of carbonyl (C=O) groups is 1. The lowest BCUT2D eigenvalue weighted by Crippen LogP contribution is -2.31. The van der Waals surface area contributed by atoms with Gasteiger partial charge in [-0.25, -0.2) is 23.1 Å². The zero-order valence-corrected chi connectivity index (χ0v) is 13.4. The van der Waals surface area contributed by atoms with E-state index in [1.807, 2.05) is 10.8 Å². The summed E-state index contributed by atoms with van der Waals surface area (Å²) in [5.74, 6) is -0.715. The summed E-state index contributed by atoms with van der Waals surface area (Å²) >= 11 is 3.12. The van der Waals surface area contributed by atoms with E-state index in [1.54, 1.807) is 0 Å². The normalized spacial score (nSPS) is 10.7. The van der Waals surface area contributed by atoms with E-state index in [0.717, 1.165) is 0 Å². The van der Waals surface area contributed by atoms with Crippen LogP contribution in [0.3, 0.4) is 0 Å². The molecule has 22 heavy (non-hydrogen) atoms. The van der Waals surface area contributed by atoms with Gasteiger partial charge in [0, 0.05) is 16.9 Å². The molecule has 2 rings (SSSR count). The Morgan fingerprint density at radius 2 is 1.95 bits per heavy atom. The van der Waals surface area contributed by atoms with Crippen molar-refractivity contribution in [1.82, 2.24) is 14.7 Å². The molecule has 1 amide bonds. The predicted octanol–water partition coefficient (Wildman–Crippen LogP) is 1.16. The van der Waals surface area contributed by atoms with E-state index >= 15 is 0 Å². The first-order valence-corrected chi connectivity index (χ1v) is 8.18. The summed E-state index contributed by atoms with van der Waals surface area (Å²) < 4.78 is 26.7. The van der Waals surface area contributed by atoms with Gasteiger partial charge in [0.15, 0.2) is 0 Å². The van der Waals surface area contributed by atoms with Crippen LogP contribution in [-0.4, -0.2) is 24.3 Å². The molecule has 0 aliphatic heterocycles. The smallest absolute Gasteiger partial charge is 0.264 e. The van der Waals surface area contributed by atoms with Gasteiger partial charge in [0.2, 0.25) is 5.91 Å². The number of nitrogens with zero attached hydrogens (tertiary/aromatic N) is 3. The highest BCUT2D eigenvalue weighted by Gasteiger charge is 2.19. The maximum atomic E-state index is 12.2. The minimum Gasteiger partial charge on any atom is -0.274 e. The molecule has 2 aromatic rings. The SMILES string of the molecule is N#Cc1cc(Br)cc(S(=O)(=O)NC(=O)Cc2cncnc2)c1. The van der Waals surface area contributed by atoms with Gasteiger partial charge in [0.1, 0.15) is 6.33 Å². The average Bonchev–Trinajstić information content (AvgIpc) is 2.47. The van der Waals surface area contributed by atoms with Crippen LogP contribution in [0.2, 0.25) is 0 Å². The Hall–Kier alpha value is -2.31. The number of nitriles is 1. The van der Waals surface area contributed by atoms with Crippen molar-refractivity contribution < 1.29 is 13.2 Å². The molecule has 0 aliphatic carbocycles. The van der Waals surface area contributed by atoms with Crippen molar-refractivity contribution in [1.29, 1.82) is 5.26 Å². The standard InChI is InChI=1S/C13H9BrN4O3S/c14-11-1-9(5-15)2-12(4-11)22(20,21)18-13(19)3-10-6-16-8-17-7-10/h1-2,4,6-8H,3H2,(H,18,19). The summed E-state index contributed by atoms with van der Waals surface area (Å²) in [6.07, 6.45) is 3.99. The maximum absolute atomic E-state index is 12.2. The molecule has 1 N–H and O–H groups in total. The zero-order valence-electron chi connectivity index (χ0n) is 11.0. The van der Waals surface area contributed by atoms with Gasteiger partial charge in [-0.1, -0.05) is 15.9 Å². The van der Waals surface area contributed by atoms with Gasteiger partial charge in [-0.15, -0.1) is 0 Å². The molecule has 0 radical (unpaired) electrons. The van der Waals surface area contributed by atoms with Gasteiger partial charge in [-0.2, -0.15) is 5.26 Å². The number of amides is 1. The summed E-state index contributed by atoms with van der Waals surface area (Å²) in [7, 11) is -4.06. The number of nitrogens with one attached hydrogen (secondary N) is 1. The summed E-state index contributed by atoms with van der Waals surface area (Å²) in [4.78, 5) is 19.1. The second kappa shape index (κ2) is 6.64. The minimum atomic E-state index is -4.06. The fourth-order valence-electron chi connectivity index (χ4n) is 1.63. The molecule has 0 saturated heterocycles. The molecule has 1 aromatic heterocycles. The molecule has 9 heteroatoms. The number of rotatable bonds is 4. The number of aromatic nitrogens is 2. The van der Waals surface area contributed by atoms with Crippen molar-refractivity contribution in [3.05, 3.63) is 52.5 Å².